The number of hydrogen-bond donors (Lipinski definition) is 1. The maximum absolute atomic E-state index is 11.7. The second-order valence-corrected chi connectivity index (χ2v) is 7.10. The van der Waals surface area contributed by atoms with Gasteiger partial charge in [0.25, 0.3) is 0 Å². The molecule has 1 atom stereocenters. The number of aryl methyl sites for hydroxylation is 1. The number of nitrogens with zero attached hydrogens (tertiary/aromatic N) is 1. The van der Waals surface area contributed by atoms with Crippen LogP contribution in [0.1, 0.15) is 40.6 Å². The highest BCUT2D eigenvalue weighted by Gasteiger charge is 2.28. The first-order valence-corrected chi connectivity index (χ1v) is 7.76. The molecule has 100 valence electrons. The van der Waals surface area contributed by atoms with E-state index in [9.17, 15) is 13.2 Å². The fraction of sp³-hybridized carbons (Fsp3) is 0.583. The summed E-state index contributed by atoms with van der Waals surface area (Å²) in [6, 6.07) is 1.48. The van der Waals surface area contributed by atoms with E-state index in [0.717, 1.165) is 12.1 Å². The fourth-order valence-electron chi connectivity index (χ4n) is 2.76. The number of aromatic nitrogens is 1. The number of carbonyl (C=O) groups is 1. The van der Waals surface area contributed by atoms with Crippen molar-refractivity contribution in [3.63, 3.8) is 0 Å². The molecule has 1 saturated heterocycles. The summed E-state index contributed by atoms with van der Waals surface area (Å²) in [6.45, 7) is 3.55. The van der Waals surface area contributed by atoms with Crippen molar-refractivity contribution in [3.05, 3.63) is 23.0 Å². The molecule has 0 saturated carbocycles. The Labute approximate surface area is 106 Å². The van der Waals surface area contributed by atoms with Gasteiger partial charge >= 0.3 is 5.97 Å². The van der Waals surface area contributed by atoms with Gasteiger partial charge in [-0.05, 0) is 32.8 Å². The Morgan fingerprint density at radius 3 is 2.61 bits per heavy atom. The molecule has 2 rings (SSSR count). The van der Waals surface area contributed by atoms with Crippen LogP contribution in [0.5, 0.6) is 0 Å². The molecule has 18 heavy (non-hydrogen) atoms. The summed E-state index contributed by atoms with van der Waals surface area (Å²) in [6.07, 6.45) is 1.43. The van der Waals surface area contributed by atoms with Crippen molar-refractivity contribution in [2.45, 2.75) is 32.7 Å². The lowest BCUT2D eigenvalue weighted by atomic mass is 10.1. The zero-order chi connectivity index (χ0) is 13.5. The first-order chi connectivity index (χ1) is 8.32. The summed E-state index contributed by atoms with van der Waals surface area (Å²) in [5.41, 5.74) is 1.71. The lowest BCUT2D eigenvalue weighted by Gasteiger charge is -2.26. The summed E-state index contributed by atoms with van der Waals surface area (Å²) < 4.78 is 25.2. The van der Waals surface area contributed by atoms with E-state index in [-0.39, 0.29) is 23.1 Å². The van der Waals surface area contributed by atoms with Crippen molar-refractivity contribution in [1.82, 2.24) is 4.57 Å². The molecule has 2 heterocycles. The molecule has 1 N–H and O–H groups in total. The average Bonchev–Trinajstić information content (AvgIpc) is 2.53. The Morgan fingerprint density at radius 2 is 2.11 bits per heavy atom. The Hall–Kier alpha value is -1.30. The molecule has 1 aromatic heterocycles. The van der Waals surface area contributed by atoms with Crippen LogP contribution in [-0.2, 0) is 9.84 Å². The molecule has 0 spiro atoms. The number of carboxylic acids is 1. The molecule has 6 heteroatoms. The largest absolute Gasteiger partial charge is 0.478 e. The number of aromatic carboxylic acids is 1. The summed E-state index contributed by atoms with van der Waals surface area (Å²) >= 11 is 0. The van der Waals surface area contributed by atoms with E-state index in [1.807, 2.05) is 11.5 Å². The molecule has 1 aliphatic rings. The first kappa shape index (κ1) is 13.1. The van der Waals surface area contributed by atoms with Gasteiger partial charge in [-0.3, -0.25) is 0 Å². The van der Waals surface area contributed by atoms with Crippen molar-refractivity contribution in [1.29, 1.82) is 0 Å². The van der Waals surface area contributed by atoms with Gasteiger partial charge in [-0.15, -0.1) is 0 Å². The smallest absolute Gasteiger partial charge is 0.337 e. The Balaban J connectivity index is 2.42. The minimum atomic E-state index is -2.99. The maximum Gasteiger partial charge on any atom is 0.337 e. The van der Waals surface area contributed by atoms with Crippen molar-refractivity contribution in [2.75, 3.05) is 11.5 Å². The van der Waals surface area contributed by atoms with Crippen LogP contribution in [0, 0.1) is 13.8 Å². The summed E-state index contributed by atoms with van der Waals surface area (Å²) in [7, 11) is -2.99. The number of sulfone groups is 1. The van der Waals surface area contributed by atoms with Crippen LogP contribution >= 0.6 is 0 Å². The predicted octanol–water partition coefficient (Wildman–Crippen LogP) is 1.55. The molecule has 0 bridgehead atoms. The molecule has 1 aliphatic heterocycles. The number of rotatable bonds is 2. The number of carboxylic acid groups (broad SMARTS) is 1. The van der Waals surface area contributed by atoms with E-state index in [1.54, 1.807) is 13.0 Å². The van der Waals surface area contributed by atoms with Crippen LogP contribution in [0.3, 0.4) is 0 Å². The third-order valence-electron chi connectivity index (χ3n) is 3.52. The van der Waals surface area contributed by atoms with Gasteiger partial charge in [-0.1, -0.05) is 0 Å². The molecular weight excluding hydrogens is 254 g/mol. The second-order valence-electron chi connectivity index (χ2n) is 4.87. The molecule has 1 unspecified atom stereocenters. The summed E-state index contributed by atoms with van der Waals surface area (Å²) in [4.78, 5) is 11.1. The van der Waals surface area contributed by atoms with E-state index in [0.29, 0.717) is 12.1 Å². The van der Waals surface area contributed by atoms with Gasteiger partial charge in [-0.2, -0.15) is 0 Å². The highest BCUT2D eigenvalue weighted by Crippen LogP contribution is 2.28. The van der Waals surface area contributed by atoms with Crippen LogP contribution in [0.2, 0.25) is 0 Å². The van der Waals surface area contributed by atoms with E-state index >= 15 is 0 Å². The fourth-order valence-corrected chi connectivity index (χ4v) is 4.43. The van der Waals surface area contributed by atoms with Gasteiger partial charge in [0.05, 0.1) is 17.1 Å². The maximum atomic E-state index is 11.7. The molecule has 0 amide bonds. The molecule has 5 nitrogen and oxygen atoms in total. The third-order valence-corrected chi connectivity index (χ3v) is 5.32. The normalized spacial score (nSPS) is 22.9. The second kappa shape index (κ2) is 4.42. The van der Waals surface area contributed by atoms with Gasteiger partial charge in [0.1, 0.15) is 0 Å². The van der Waals surface area contributed by atoms with Crippen molar-refractivity contribution in [2.24, 2.45) is 0 Å². The minimum Gasteiger partial charge on any atom is -0.478 e. The molecular formula is C12H17NO4S. The zero-order valence-corrected chi connectivity index (χ0v) is 11.3. The molecule has 1 aromatic rings. The standard InChI is InChI=1S/C12H17NO4S/c1-8-6-11(12(14)15)9(2)13(8)10-4-3-5-18(16,17)7-10/h6,10H,3-5,7H2,1-2H3,(H,14,15). The third kappa shape index (κ3) is 2.29. The topological polar surface area (TPSA) is 76.4 Å². The van der Waals surface area contributed by atoms with E-state index in [2.05, 4.69) is 0 Å². The summed E-state index contributed by atoms with van der Waals surface area (Å²) in [5, 5.41) is 9.07. The summed E-state index contributed by atoms with van der Waals surface area (Å²) in [5.74, 6) is -0.607. The zero-order valence-electron chi connectivity index (χ0n) is 10.5. The van der Waals surface area contributed by atoms with Crippen molar-refractivity contribution >= 4 is 15.8 Å². The van der Waals surface area contributed by atoms with Crippen LogP contribution in [0.4, 0.5) is 0 Å². The van der Waals surface area contributed by atoms with Gasteiger partial charge in [0.15, 0.2) is 9.84 Å². The van der Waals surface area contributed by atoms with Crippen molar-refractivity contribution < 1.29 is 18.3 Å². The molecule has 0 radical (unpaired) electrons. The van der Waals surface area contributed by atoms with Gasteiger partial charge < -0.3 is 9.67 Å². The van der Waals surface area contributed by atoms with Gasteiger partial charge in [0.2, 0.25) is 0 Å². The van der Waals surface area contributed by atoms with Crippen LogP contribution in [-0.4, -0.2) is 35.6 Å². The lowest BCUT2D eigenvalue weighted by molar-refractivity contribution is 0.0696. The number of hydrogen-bond acceptors (Lipinski definition) is 3. The van der Waals surface area contributed by atoms with Gasteiger partial charge in [-0.25, -0.2) is 13.2 Å². The van der Waals surface area contributed by atoms with Crippen LogP contribution in [0.15, 0.2) is 6.07 Å². The molecule has 1 fully saturated rings. The molecule has 0 aliphatic carbocycles. The quantitative estimate of drug-likeness (QED) is 0.885. The Bertz CT molecular complexity index is 585. The van der Waals surface area contributed by atoms with Crippen LogP contribution in [0.25, 0.3) is 0 Å². The predicted molar refractivity (Wildman–Crippen MR) is 67.8 cm³/mol. The minimum absolute atomic E-state index is 0.114. The molecule has 0 aromatic carbocycles. The highest BCUT2D eigenvalue weighted by molar-refractivity contribution is 7.91. The van der Waals surface area contributed by atoms with E-state index < -0.39 is 15.8 Å². The highest BCUT2D eigenvalue weighted by atomic mass is 32.2. The van der Waals surface area contributed by atoms with Crippen LogP contribution < -0.4 is 0 Å². The van der Waals surface area contributed by atoms with Gasteiger partial charge in [0, 0.05) is 17.4 Å². The SMILES string of the molecule is Cc1cc(C(=O)O)c(C)n1C1CCCS(=O)(=O)C1. The van der Waals surface area contributed by atoms with E-state index in [1.165, 1.54) is 0 Å². The monoisotopic (exact) mass is 271 g/mol. The Kier molecular flexibility index (Phi) is 3.23. The average molecular weight is 271 g/mol. The first-order valence-electron chi connectivity index (χ1n) is 5.94. The lowest BCUT2D eigenvalue weighted by Crippen LogP contribution is -2.28. The van der Waals surface area contributed by atoms with E-state index in [4.69, 9.17) is 5.11 Å². The van der Waals surface area contributed by atoms with Crippen molar-refractivity contribution in [3.8, 4) is 0 Å². The Morgan fingerprint density at radius 1 is 1.44 bits per heavy atom.